The number of methoxy groups -OCH3 is 1. The number of ether oxygens (including phenoxy) is 2. The first-order chi connectivity index (χ1) is 11.0. The van der Waals surface area contributed by atoms with Gasteiger partial charge in [-0.1, -0.05) is 28.6 Å². The first kappa shape index (κ1) is 17.5. The molecule has 0 fully saturated rings. The van der Waals surface area contributed by atoms with Gasteiger partial charge in [0, 0.05) is 15.7 Å². The summed E-state index contributed by atoms with van der Waals surface area (Å²) in [6.45, 7) is 5.48. The summed E-state index contributed by atoms with van der Waals surface area (Å²) >= 11 is 8.67. The highest BCUT2D eigenvalue weighted by molar-refractivity contribution is 9.10. The number of rotatable bonds is 5. The van der Waals surface area contributed by atoms with Crippen LogP contribution in [-0.2, 0) is 9.53 Å². The van der Waals surface area contributed by atoms with Crippen molar-refractivity contribution in [1.82, 2.24) is 10.6 Å². The number of carbonyl (C=O) groups is 1. The van der Waals surface area contributed by atoms with Crippen molar-refractivity contribution in [3.63, 3.8) is 0 Å². The highest BCUT2D eigenvalue weighted by Crippen LogP contribution is 2.35. The standard InChI is InChI=1S/C16H17BrN2O3S/c1-4-7-22-15(20)13-9(2)18-16(23)19-14(13)11-8-10(17)5-6-12(11)21-3/h4-6,8,14H,1,7H2,2-3H3,(H2,18,19,23)/t14-/m1/s1. The second kappa shape index (κ2) is 7.61. The van der Waals surface area contributed by atoms with Gasteiger partial charge in [0.2, 0.25) is 0 Å². The third kappa shape index (κ3) is 3.92. The van der Waals surface area contributed by atoms with E-state index in [2.05, 4.69) is 33.1 Å². The van der Waals surface area contributed by atoms with Crippen LogP contribution in [0.4, 0.5) is 0 Å². The van der Waals surface area contributed by atoms with Crippen molar-refractivity contribution in [2.45, 2.75) is 13.0 Å². The van der Waals surface area contributed by atoms with E-state index in [0.29, 0.717) is 22.1 Å². The lowest BCUT2D eigenvalue weighted by molar-refractivity contribution is -0.138. The maximum absolute atomic E-state index is 12.4. The number of allylic oxidation sites excluding steroid dienone is 1. The fraction of sp³-hybridized carbons (Fsp3) is 0.250. The predicted molar refractivity (Wildman–Crippen MR) is 96.2 cm³/mol. The van der Waals surface area contributed by atoms with Gasteiger partial charge in [0.05, 0.1) is 18.7 Å². The lowest BCUT2D eigenvalue weighted by atomic mass is 9.95. The third-order valence-electron chi connectivity index (χ3n) is 3.32. The van der Waals surface area contributed by atoms with Gasteiger partial charge in [-0.3, -0.25) is 0 Å². The smallest absolute Gasteiger partial charge is 0.338 e. The Morgan fingerprint density at radius 3 is 2.91 bits per heavy atom. The summed E-state index contributed by atoms with van der Waals surface area (Å²) in [7, 11) is 1.58. The van der Waals surface area contributed by atoms with Crippen LogP contribution >= 0.6 is 28.1 Å². The number of carbonyl (C=O) groups excluding carboxylic acids is 1. The van der Waals surface area contributed by atoms with E-state index in [0.717, 1.165) is 10.0 Å². The summed E-state index contributed by atoms with van der Waals surface area (Å²) < 4.78 is 11.5. The van der Waals surface area contributed by atoms with Crippen molar-refractivity contribution in [3.8, 4) is 5.75 Å². The molecule has 122 valence electrons. The Morgan fingerprint density at radius 2 is 2.26 bits per heavy atom. The molecule has 0 bridgehead atoms. The predicted octanol–water partition coefficient (Wildman–Crippen LogP) is 2.98. The van der Waals surface area contributed by atoms with E-state index in [-0.39, 0.29) is 6.61 Å². The van der Waals surface area contributed by atoms with Crippen LogP contribution < -0.4 is 15.4 Å². The van der Waals surface area contributed by atoms with Crippen LogP contribution in [-0.4, -0.2) is 24.8 Å². The summed E-state index contributed by atoms with van der Waals surface area (Å²) in [6, 6.07) is 5.12. The van der Waals surface area contributed by atoms with Crippen molar-refractivity contribution in [2.24, 2.45) is 0 Å². The lowest BCUT2D eigenvalue weighted by Gasteiger charge is -2.30. The minimum absolute atomic E-state index is 0.141. The van der Waals surface area contributed by atoms with Crippen LogP contribution in [0.25, 0.3) is 0 Å². The summed E-state index contributed by atoms with van der Waals surface area (Å²) in [4.78, 5) is 12.4. The van der Waals surface area contributed by atoms with E-state index in [1.807, 2.05) is 18.2 Å². The van der Waals surface area contributed by atoms with Crippen molar-refractivity contribution in [3.05, 3.63) is 52.2 Å². The van der Waals surface area contributed by atoms with Crippen LogP contribution in [0.1, 0.15) is 18.5 Å². The SMILES string of the molecule is C=CCOC(=O)C1=C(C)NC(=S)N[C@@H]1c1cc(Br)ccc1OC. The van der Waals surface area contributed by atoms with Crippen molar-refractivity contribution >= 4 is 39.2 Å². The number of nitrogens with one attached hydrogen (secondary N) is 2. The average molecular weight is 397 g/mol. The van der Waals surface area contributed by atoms with E-state index in [1.54, 1.807) is 14.0 Å². The van der Waals surface area contributed by atoms with Crippen LogP contribution in [0.15, 0.2) is 46.6 Å². The molecule has 1 aliphatic heterocycles. The fourth-order valence-corrected chi connectivity index (χ4v) is 2.99. The summed E-state index contributed by atoms with van der Waals surface area (Å²) in [5, 5.41) is 6.51. The number of hydrogen-bond donors (Lipinski definition) is 2. The highest BCUT2D eigenvalue weighted by atomic mass is 79.9. The fourth-order valence-electron chi connectivity index (χ4n) is 2.34. The largest absolute Gasteiger partial charge is 0.496 e. The maximum atomic E-state index is 12.4. The molecule has 1 heterocycles. The molecule has 0 saturated carbocycles. The molecular weight excluding hydrogens is 380 g/mol. The maximum Gasteiger partial charge on any atom is 0.338 e. The number of esters is 1. The van der Waals surface area contributed by atoms with Gasteiger partial charge in [0.15, 0.2) is 5.11 Å². The Bertz CT molecular complexity index is 688. The normalized spacial score (nSPS) is 17.2. The van der Waals surface area contributed by atoms with Crippen LogP contribution in [0.5, 0.6) is 5.75 Å². The van der Waals surface area contributed by atoms with Gasteiger partial charge < -0.3 is 20.1 Å². The van der Waals surface area contributed by atoms with Gasteiger partial charge in [0.1, 0.15) is 12.4 Å². The molecule has 0 saturated heterocycles. The van der Waals surface area contributed by atoms with Gasteiger partial charge in [-0.05, 0) is 37.3 Å². The summed E-state index contributed by atoms with van der Waals surface area (Å²) in [5.74, 6) is 0.217. The molecule has 5 nitrogen and oxygen atoms in total. The first-order valence-corrected chi connectivity index (χ1v) is 8.07. The number of thiocarbonyl (C=S) groups is 1. The van der Waals surface area contributed by atoms with Crippen molar-refractivity contribution < 1.29 is 14.3 Å². The van der Waals surface area contributed by atoms with Gasteiger partial charge in [-0.25, -0.2) is 4.79 Å². The minimum Gasteiger partial charge on any atom is -0.496 e. The molecule has 1 aromatic rings. The Kier molecular flexibility index (Phi) is 5.79. The molecule has 0 aliphatic carbocycles. The third-order valence-corrected chi connectivity index (χ3v) is 4.04. The van der Waals surface area contributed by atoms with Crippen molar-refractivity contribution in [1.29, 1.82) is 0 Å². The molecule has 2 rings (SSSR count). The van der Waals surface area contributed by atoms with E-state index >= 15 is 0 Å². The molecule has 7 heteroatoms. The molecule has 1 aromatic carbocycles. The zero-order valence-corrected chi connectivity index (χ0v) is 15.2. The Hall–Kier alpha value is -1.86. The van der Waals surface area contributed by atoms with Crippen molar-refractivity contribution in [2.75, 3.05) is 13.7 Å². The average Bonchev–Trinajstić information content (AvgIpc) is 2.51. The van der Waals surface area contributed by atoms with Gasteiger partial charge in [-0.15, -0.1) is 0 Å². The highest BCUT2D eigenvalue weighted by Gasteiger charge is 2.32. The van der Waals surface area contributed by atoms with Crippen LogP contribution in [0.3, 0.4) is 0 Å². The van der Waals surface area contributed by atoms with Crippen LogP contribution in [0, 0.1) is 0 Å². The summed E-state index contributed by atoms with van der Waals surface area (Å²) in [5.41, 5.74) is 1.89. The van der Waals surface area contributed by atoms with E-state index in [4.69, 9.17) is 21.7 Å². The molecule has 0 unspecified atom stereocenters. The molecule has 0 radical (unpaired) electrons. The topological polar surface area (TPSA) is 59.6 Å². The molecule has 23 heavy (non-hydrogen) atoms. The molecule has 0 amide bonds. The van der Waals surface area contributed by atoms with Gasteiger partial charge in [-0.2, -0.15) is 0 Å². The second-order valence-electron chi connectivity index (χ2n) is 4.84. The first-order valence-electron chi connectivity index (χ1n) is 6.87. The molecule has 2 N–H and O–H groups in total. The van der Waals surface area contributed by atoms with Gasteiger partial charge in [0.25, 0.3) is 0 Å². The summed E-state index contributed by atoms with van der Waals surface area (Å²) in [6.07, 6.45) is 1.52. The van der Waals surface area contributed by atoms with Crippen LogP contribution in [0.2, 0.25) is 0 Å². The molecular formula is C16H17BrN2O3S. The number of hydrogen-bond acceptors (Lipinski definition) is 4. The molecule has 0 spiro atoms. The Labute approximate surface area is 148 Å². The molecule has 1 atom stereocenters. The van der Waals surface area contributed by atoms with E-state index < -0.39 is 12.0 Å². The quantitative estimate of drug-likeness (QED) is 0.453. The molecule has 1 aliphatic rings. The van der Waals surface area contributed by atoms with Gasteiger partial charge >= 0.3 is 5.97 Å². The number of halogens is 1. The second-order valence-corrected chi connectivity index (χ2v) is 6.17. The zero-order valence-electron chi connectivity index (χ0n) is 12.8. The van der Waals surface area contributed by atoms with E-state index in [9.17, 15) is 4.79 Å². The Morgan fingerprint density at radius 1 is 1.52 bits per heavy atom. The zero-order chi connectivity index (χ0) is 17.0. The monoisotopic (exact) mass is 396 g/mol. The lowest BCUT2D eigenvalue weighted by Crippen LogP contribution is -2.45. The minimum atomic E-state index is -0.464. The van der Waals surface area contributed by atoms with E-state index in [1.165, 1.54) is 6.08 Å². The Balaban J connectivity index is 2.51. The molecule has 0 aromatic heterocycles. The number of benzene rings is 1.